The van der Waals surface area contributed by atoms with E-state index in [0.29, 0.717) is 6.42 Å². The molecule has 0 aliphatic heterocycles. The molecule has 1 aliphatic rings. The number of carboxylic acids is 1. The summed E-state index contributed by atoms with van der Waals surface area (Å²) in [6, 6.07) is 2.44. The third-order valence-electron chi connectivity index (χ3n) is 2.70. The topological polar surface area (TPSA) is 66.4 Å². The Hall–Kier alpha value is -1.33. The molecule has 1 saturated carbocycles. The predicted molar refractivity (Wildman–Crippen MR) is 64.3 cm³/mol. The maximum atomic E-state index is 13.1. The van der Waals surface area contributed by atoms with Crippen LogP contribution in [0.15, 0.2) is 12.1 Å². The summed E-state index contributed by atoms with van der Waals surface area (Å²) in [5.74, 6) is -3.38. The maximum absolute atomic E-state index is 13.1. The molecular weight excluding hydrogens is 284 g/mol. The second-order valence-electron chi connectivity index (χ2n) is 4.03. The highest BCUT2D eigenvalue weighted by Crippen LogP contribution is 2.39. The summed E-state index contributed by atoms with van der Waals surface area (Å²) in [6.07, 6.45) is 0.309. The summed E-state index contributed by atoms with van der Waals surface area (Å²) in [5.41, 5.74) is 0.243. The van der Waals surface area contributed by atoms with E-state index < -0.39 is 29.5 Å². The van der Waals surface area contributed by atoms with Gasteiger partial charge in [-0.15, -0.1) is 0 Å². The lowest BCUT2D eigenvalue weighted by atomic mass is 10.2. The minimum Gasteiger partial charge on any atom is -0.481 e. The van der Waals surface area contributed by atoms with Gasteiger partial charge in [-0.2, -0.15) is 0 Å². The zero-order chi connectivity index (χ0) is 13.4. The number of carbonyl (C=O) groups is 2. The lowest BCUT2D eigenvalue weighted by Crippen LogP contribution is -2.16. The number of hydrogen-bond acceptors (Lipinski definition) is 2. The van der Waals surface area contributed by atoms with E-state index in [0.717, 1.165) is 0 Å². The minimum atomic E-state index is -0.995. The standard InChI is InChI=1S/C11H8Cl2FNO3/c12-7-1-4(2-8(13)9(7)14)15-10(16)5-3-6(5)11(17)18/h1-2,5-6H,3H2,(H,15,16)(H,17,18)/t5-,6+/m1/s1. The number of aliphatic carboxylic acids is 1. The quantitative estimate of drug-likeness (QED) is 0.842. The number of benzene rings is 1. The molecule has 1 aromatic rings. The van der Waals surface area contributed by atoms with E-state index in [1.54, 1.807) is 0 Å². The van der Waals surface area contributed by atoms with Crippen molar-refractivity contribution < 1.29 is 19.1 Å². The van der Waals surface area contributed by atoms with Crippen molar-refractivity contribution in [1.82, 2.24) is 0 Å². The highest BCUT2D eigenvalue weighted by atomic mass is 35.5. The molecule has 1 aliphatic carbocycles. The summed E-state index contributed by atoms with van der Waals surface area (Å²) < 4.78 is 13.1. The molecule has 1 amide bonds. The van der Waals surface area contributed by atoms with Gasteiger partial charge < -0.3 is 10.4 Å². The molecule has 1 fully saturated rings. The van der Waals surface area contributed by atoms with Crippen molar-refractivity contribution in [1.29, 1.82) is 0 Å². The molecule has 96 valence electrons. The summed E-state index contributed by atoms with van der Waals surface area (Å²) >= 11 is 11.1. The van der Waals surface area contributed by atoms with E-state index in [1.165, 1.54) is 12.1 Å². The Kier molecular flexibility index (Phi) is 3.45. The van der Waals surface area contributed by atoms with Gasteiger partial charge in [0.05, 0.1) is 21.9 Å². The van der Waals surface area contributed by atoms with Crippen LogP contribution in [0.3, 0.4) is 0 Å². The van der Waals surface area contributed by atoms with Crippen LogP contribution in [0.2, 0.25) is 10.0 Å². The van der Waals surface area contributed by atoms with Crippen LogP contribution in [0, 0.1) is 17.7 Å². The van der Waals surface area contributed by atoms with Crippen LogP contribution in [-0.2, 0) is 9.59 Å². The molecule has 0 bridgehead atoms. The van der Waals surface area contributed by atoms with Crippen LogP contribution in [0.4, 0.5) is 10.1 Å². The van der Waals surface area contributed by atoms with Gasteiger partial charge in [-0.05, 0) is 18.6 Å². The average molecular weight is 292 g/mol. The maximum Gasteiger partial charge on any atom is 0.307 e. The molecule has 18 heavy (non-hydrogen) atoms. The molecule has 2 N–H and O–H groups in total. The third kappa shape index (κ3) is 2.57. The first kappa shape index (κ1) is 13.1. The lowest BCUT2D eigenvalue weighted by molar-refractivity contribution is -0.139. The Morgan fingerprint density at radius 2 is 1.83 bits per heavy atom. The van der Waals surface area contributed by atoms with E-state index in [1.807, 2.05) is 0 Å². The van der Waals surface area contributed by atoms with E-state index in [2.05, 4.69) is 5.32 Å². The van der Waals surface area contributed by atoms with Crippen molar-refractivity contribution in [3.63, 3.8) is 0 Å². The normalized spacial score (nSPS) is 21.5. The van der Waals surface area contributed by atoms with E-state index in [9.17, 15) is 14.0 Å². The van der Waals surface area contributed by atoms with E-state index in [4.69, 9.17) is 28.3 Å². The second kappa shape index (κ2) is 4.74. The molecule has 0 spiro atoms. The number of rotatable bonds is 3. The van der Waals surface area contributed by atoms with Gasteiger partial charge in [0.2, 0.25) is 5.91 Å². The number of nitrogens with one attached hydrogen (secondary N) is 1. The molecule has 0 aromatic heterocycles. The van der Waals surface area contributed by atoms with Crippen molar-refractivity contribution in [2.45, 2.75) is 6.42 Å². The third-order valence-corrected chi connectivity index (χ3v) is 3.25. The Balaban J connectivity index is 2.07. The van der Waals surface area contributed by atoms with Gasteiger partial charge in [0.1, 0.15) is 0 Å². The Morgan fingerprint density at radius 3 is 2.28 bits per heavy atom. The van der Waals surface area contributed by atoms with Crippen LogP contribution in [-0.4, -0.2) is 17.0 Å². The van der Waals surface area contributed by atoms with Gasteiger partial charge in [-0.3, -0.25) is 9.59 Å². The van der Waals surface area contributed by atoms with Crippen molar-refractivity contribution in [2.24, 2.45) is 11.8 Å². The summed E-state index contributed by atoms with van der Waals surface area (Å²) in [6.45, 7) is 0. The largest absolute Gasteiger partial charge is 0.481 e. The fourth-order valence-electron chi connectivity index (χ4n) is 1.62. The van der Waals surface area contributed by atoms with E-state index in [-0.39, 0.29) is 15.7 Å². The number of carboxylic acid groups (broad SMARTS) is 1. The zero-order valence-electron chi connectivity index (χ0n) is 8.91. The van der Waals surface area contributed by atoms with Gasteiger partial charge in [-0.25, -0.2) is 4.39 Å². The Bertz CT molecular complexity index is 512. The van der Waals surface area contributed by atoms with Crippen LogP contribution in [0.25, 0.3) is 0 Å². The van der Waals surface area contributed by atoms with Crippen LogP contribution in [0.1, 0.15) is 6.42 Å². The molecule has 0 heterocycles. The fraction of sp³-hybridized carbons (Fsp3) is 0.273. The molecule has 0 saturated heterocycles. The zero-order valence-corrected chi connectivity index (χ0v) is 10.4. The van der Waals surface area contributed by atoms with Gasteiger partial charge in [0, 0.05) is 5.69 Å². The van der Waals surface area contributed by atoms with Crippen molar-refractivity contribution in [2.75, 3.05) is 5.32 Å². The number of hydrogen-bond donors (Lipinski definition) is 2. The van der Waals surface area contributed by atoms with Crippen molar-refractivity contribution in [3.05, 3.63) is 28.0 Å². The van der Waals surface area contributed by atoms with Crippen molar-refractivity contribution >= 4 is 40.8 Å². The van der Waals surface area contributed by atoms with Crippen molar-refractivity contribution in [3.8, 4) is 0 Å². The van der Waals surface area contributed by atoms with Gasteiger partial charge >= 0.3 is 5.97 Å². The molecule has 2 rings (SSSR count). The number of halogens is 3. The molecule has 4 nitrogen and oxygen atoms in total. The second-order valence-corrected chi connectivity index (χ2v) is 4.84. The average Bonchev–Trinajstić information content (AvgIpc) is 3.05. The molecular formula is C11H8Cl2FNO3. The first-order valence-electron chi connectivity index (χ1n) is 5.08. The lowest BCUT2D eigenvalue weighted by Gasteiger charge is -2.06. The van der Waals surface area contributed by atoms with Gasteiger partial charge in [0.25, 0.3) is 0 Å². The summed E-state index contributed by atoms with van der Waals surface area (Å²) in [7, 11) is 0. The smallest absolute Gasteiger partial charge is 0.307 e. The Morgan fingerprint density at radius 1 is 1.28 bits per heavy atom. The number of anilines is 1. The van der Waals surface area contributed by atoms with Gasteiger partial charge in [0.15, 0.2) is 5.82 Å². The fourth-order valence-corrected chi connectivity index (χ4v) is 2.11. The molecule has 2 atom stereocenters. The SMILES string of the molecule is O=C(O)[C@H]1C[C@H]1C(=O)Nc1cc(Cl)c(F)c(Cl)c1. The summed E-state index contributed by atoms with van der Waals surface area (Å²) in [4.78, 5) is 22.3. The van der Waals surface area contributed by atoms with Gasteiger partial charge in [-0.1, -0.05) is 23.2 Å². The highest BCUT2D eigenvalue weighted by molar-refractivity contribution is 6.35. The Labute approximate surface area is 112 Å². The first-order chi connectivity index (χ1) is 8.40. The molecule has 7 heteroatoms. The molecule has 0 unspecified atom stereocenters. The predicted octanol–water partition coefficient (Wildman–Crippen LogP) is 2.79. The number of amides is 1. The minimum absolute atomic E-state index is 0.205. The summed E-state index contributed by atoms with van der Waals surface area (Å²) in [5, 5.41) is 10.7. The van der Waals surface area contributed by atoms with E-state index >= 15 is 0 Å². The molecule has 0 radical (unpaired) electrons. The first-order valence-corrected chi connectivity index (χ1v) is 5.84. The highest BCUT2D eigenvalue weighted by Gasteiger charge is 2.48. The van der Waals surface area contributed by atoms with Crippen LogP contribution >= 0.6 is 23.2 Å². The monoisotopic (exact) mass is 291 g/mol. The van der Waals surface area contributed by atoms with Crippen LogP contribution < -0.4 is 5.32 Å². The van der Waals surface area contributed by atoms with Crippen LogP contribution in [0.5, 0.6) is 0 Å². The number of carbonyl (C=O) groups excluding carboxylic acids is 1. The molecule has 1 aromatic carbocycles.